The van der Waals surface area contributed by atoms with Crippen LogP contribution in [0.4, 0.5) is 0 Å². The standard InChI is InChI=1S/C14H18N2O/c1-11-13(14(17-2)16-10-15-11)9-5-8-12-6-3-4-7-12/h10,12H,3-4,6-8H2,1-2H3. The molecule has 90 valence electrons. The molecule has 1 fully saturated rings. The summed E-state index contributed by atoms with van der Waals surface area (Å²) < 4.78 is 5.20. The van der Waals surface area contributed by atoms with Gasteiger partial charge in [-0.3, -0.25) is 0 Å². The Morgan fingerprint density at radius 1 is 1.35 bits per heavy atom. The third-order valence-electron chi connectivity index (χ3n) is 3.27. The molecule has 1 heterocycles. The first-order valence-electron chi connectivity index (χ1n) is 6.15. The predicted octanol–water partition coefficient (Wildman–Crippen LogP) is 2.73. The highest BCUT2D eigenvalue weighted by Crippen LogP contribution is 2.27. The largest absolute Gasteiger partial charge is 0.480 e. The summed E-state index contributed by atoms with van der Waals surface area (Å²) in [6.45, 7) is 1.93. The summed E-state index contributed by atoms with van der Waals surface area (Å²) in [7, 11) is 1.62. The van der Waals surface area contributed by atoms with Crippen molar-refractivity contribution < 1.29 is 4.74 Å². The molecule has 1 aliphatic carbocycles. The molecule has 0 saturated heterocycles. The summed E-state index contributed by atoms with van der Waals surface area (Å²) in [5, 5.41) is 0. The SMILES string of the molecule is COc1ncnc(C)c1C#CCC1CCCC1. The number of hydrogen-bond donors (Lipinski definition) is 0. The average molecular weight is 230 g/mol. The first-order valence-corrected chi connectivity index (χ1v) is 6.15. The van der Waals surface area contributed by atoms with Crippen LogP contribution in [0.3, 0.4) is 0 Å². The summed E-state index contributed by atoms with van der Waals surface area (Å²) in [5.74, 6) is 7.78. The Morgan fingerprint density at radius 3 is 2.82 bits per heavy atom. The van der Waals surface area contributed by atoms with Crippen molar-refractivity contribution in [2.75, 3.05) is 7.11 Å². The molecule has 0 aromatic carbocycles. The number of nitrogens with zero attached hydrogens (tertiary/aromatic N) is 2. The fraction of sp³-hybridized carbons (Fsp3) is 0.571. The number of ether oxygens (including phenoxy) is 1. The molecule has 1 aliphatic rings. The van der Waals surface area contributed by atoms with Gasteiger partial charge in [0.25, 0.3) is 0 Å². The lowest BCUT2D eigenvalue weighted by atomic mass is 10.0. The molecular weight excluding hydrogens is 212 g/mol. The van der Waals surface area contributed by atoms with Crippen LogP contribution in [0, 0.1) is 24.7 Å². The van der Waals surface area contributed by atoms with E-state index in [2.05, 4.69) is 21.8 Å². The van der Waals surface area contributed by atoms with Crippen LogP contribution in [0.25, 0.3) is 0 Å². The molecule has 2 rings (SSSR count). The first kappa shape index (κ1) is 11.9. The average Bonchev–Trinajstić information content (AvgIpc) is 2.84. The van der Waals surface area contributed by atoms with Crippen molar-refractivity contribution in [2.45, 2.75) is 39.0 Å². The van der Waals surface area contributed by atoms with E-state index in [4.69, 9.17) is 4.74 Å². The number of aryl methyl sites for hydroxylation is 1. The molecule has 3 heteroatoms. The van der Waals surface area contributed by atoms with Crippen molar-refractivity contribution in [2.24, 2.45) is 5.92 Å². The maximum absolute atomic E-state index is 5.20. The Kier molecular flexibility index (Phi) is 3.98. The number of aromatic nitrogens is 2. The molecule has 0 amide bonds. The summed E-state index contributed by atoms with van der Waals surface area (Å²) in [6.07, 6.45) is 7.88. The van der Waals surface area contributed by atoms with Crippen LogP contribution in [-0.4, -0.2) is 17.1 Å². The Morgan fingerprint density at radius 2 is 2.12 bits per heavy atom. The molecule has 1 aromatic heterocycles. The molecule has 0 unspecified atom stereocenters. The van der Waals surface area contributed by atoms with Crippen LogP contribution in [0.2, 0.25) is 0 Å². The van der Waals surface area contributed by atoms with Gasteiger partial charge >= 0.3 is 0 Å². The summed E-state index contributed by atoms with van der Waals surface area (Å²) in [5.41, 5.74) is 1.71. The zero-order valence-corrected chi connectivity index (χ0v) is 10.5. The van der Waals surface area contributed by atoms with Crippen LogP contribution in [0.1, 0.15) is 43.4 Å². The van der Waals surface area contributed by atoms with Crippen molar-refractivity contribution in [1.82, 2.24) is 9.97 Å². The second-order valence-corrected chi connectivity index (χ2v) is 4.50. The van der Waals surface area contributed by atoms with Crippen LogP contribution < -0.4 is 4.74 Å². The van der Waals surface area contributed by atoms with Gasteiger partial charge in [-0.2, -0.15) is 0 Å². The van der Waals surface area contributed by atoms with E-state index in [0.717, 1.165) is 23.6 Å². The summed E-state index contributed by atoms with van der Waals surface area (Å²) in [6, 6.07) is 0. The van der Waals surface area contributed by atoms with Crippen molar-refractivity contribution in [3.8, 4) is 17.7 Å². The maximum atomic E-state index is 5.20. The van der Waals surface area contributed by atoms with E-state index in [1.807, 2.05) is 6.92 Å². The van der Waals surface area contributed by atoms with Crippen molar-refractivity contribution in [1.29, 1.82) is 0 Å². The van der Waals surface area contributed by atoms with Crippen LogP contribution in [0.15, 0.2) is 6.33 Å². The zero-order chi connectivity index (χ0) is 12.1. The molecule has 0 bridgehead atoms. The van der Waals surface area contributed by atoms with Gasteiger partial charge in [0.2, 0.25) is 5.88 Å². The zero-order valence-electron chi connectivity index (χ0n) is 10.5. The molecule has 1 saturated carbocycles. The van der Waals surface area contributed by atoms with Gasteiger partial charge in [-0.25, -0.2) is 9.97 Å². The minimum Gasteiger partial charge on any atom is -0.480 e. The van der Waals surface area contributed by atoms with Gasteiger partial charge in [0, 0.05) is 6.42 Å². The van der Waals surface area contributed by atoms with Gasteiger partial charge < -0.3 is 4.74 Å². The monoisotopic (exact) mass is 230 g/mol. The second-order valence-electron chi connectivity index (χ2n) is 4.50. The highest BCUT2D eigenvalue weighted by Gasteiger charge is 2.13. The highest BCUT2D eigenvalue weighted by atomic mass is 16.5. The molecule has 0 spiro atoms. The van der Waals surface area contributed by atoms with E-state index >= 15 is 0 Å². The van der Waals surface area contributed by atoms with Crippen molar-refractivity contribution >= 4 is 0 Å². The third kappa shape index (κ3) is 2.97. The smallest absolute Gasteiger partial charge is 0.232 e. The van der Waals surface area contributed by atoms with Gasteiger partial charge in [-0.1, -0.05) is 24.7 Å². The Hall–Kier alpha value is -1.56. The quantitative estimate of drug-likeness (QED) is 0.733. The van der Waals surface area contributed by atoms with Gasteiger partial charge in [0.15, 0.2) is 0 Å². The number of methoxy groups -OCH3 is 1. The Bertz CT molecular complexity index is 439. The van der Waals surface area contributed by atoms with Gasteiger partial charge in [0.05, 0.1) is 12.8 Å². The van der Waals surface area contributed by atoms with Gasteiger partial charge in [0.1, 0.15) is 11.9 Å². The van der Waals surface area contributed by atoms with E-state index in [1.54, 1.807) is 7.11 Å². The lowest BCUT2D eigenvalue weighted by molar-refractivity contribution is 0.395. The lowest BCUT2D eigenvalue weighted by Gasteiger charge is -2.04. The minimum absolute atomic E-state index is 0.580. The van der Waals surface area contributed by atoms with Crippen LogP contribution in [0.5, 0.6) is 5.88 Å². The van der Waals surface area contributed by atoms with Crippen LogP contribution in [-0.2, 0) is 0 Å². The molecule has 0 N–H and O–H groups in total. The first-order chi connectivity index (χ1) is 8.31. The molecule has 1 aromatic rings. The summed E-state index contributed by atoms with van der Waals surface area (Å²) >= 11 is 0. The van der Waals surface area contributed by atoms with E-state index in [1.165, 1.54) is 32.0 Å². The van der Waals surface area contributed by atoms with E-state index in [9.17, 15) is 0 Å². The number of hydrogen-bond acceptors (Lipinski definition) is 3. The Balaban J connectivity index is 2.09. The second kappa shape index (κ2) is 5.67. The van der Waals surface area contributed by atoms with E-state index in [-0.39, 0.29) is 0 Å². The molecule has 0 atom stereocenters. The predicted molar refractivity (Wildman–Crippen MR) is 66.8 cm³/mol. The fourth-order valence-electron chi connectivity index (χ4n) is 2.25. The lowest BCUT2D eigenvalue weighted by Crippen LogP contribution is -1.97. The van der Waals surface area contributed by atoms with E-state index in [0.29, 0.717) is 5.88 Å². The molecule has 0 radical (unpaired) electrons. The molecule has 0 aliphatic heterocycles. The number of rotatable bonds is 2. The topological polar surface area (TPSA) is 35.0 Å². The maximum Gasteiger partial charge on any atom is 0.232 e. The summed E-state index contributed by atoms with van der Waals surface area (Å²) in [4.78, 5) is 8.22. The van der Waals surface area contributed by atoms with Gasteiger partial charge in [-0.05, 0) is 25.7 Å². The Labute approximate surface area is 103 Å². The molecule has 17 heavy (non-hydrogen) atoms. The van der Waals surface area contributed by atoms with Crippen molar-refractivity contribution in [3.05, 3.63) is 17.6 Å². The van der Waals surface area contributed by atoms with Gasteiger partial charge in [-0.15, -0.1) is 0 Å². The molecular formula is C14H18N2O. The van der Waals surface area contributed by atoms with E-state index < -0.39 is 0 Å². The highest BCUT2D eigenvalue weighted by molar-refractivity contribution is 5.44. The normalized spacial score (nSPS) is 15.4. The fourth-order valence-corrected chi connectivity index (χ4v) is 2.25. The third-order valence-corrected chi connectivity index (χ3v) is 3.27. The molecule has 3 nitrogen and oxygen atoms in total. The van der Waals surface area contributed by atoms with Crippen LogP contribution >= 0.6 is 0 Å². The minimum atomic E-state index is 0.580. The van der Waals surface area contributed by atoms with Crippen molar-refractivity contribution in [3.63, 3.8) is 0 Å².